The highest BCUT2D eigenvalue weighted by Gasteiger charge is 2.28. The van der Waals surface area contributed by atoms with Gasteiger partial charge in [0.15, 0.2) is 0 Å². The molecule has 1 aliphatic rings. The van der Waals surface area contributed by atoms with Crippen molar-refractivity contribution in [2.45, 2.75) is 58.9 Å². The molecular formula is C27H31N. The van der Waals surface area contributed by atoms with Crippen molar-refractivity contribution in [2.24, 2.45) is 5.73 Å². The second-order valence-corrected chi connectivity index (χ2v) is 10.0. The van der Waals surface area contributed by atoms with Crippen LogP contribution in [0.5, 0.6) is 0 Å². The molecule has 0 radical (unpaired) electrons. The average Bonchev–Trinajstić information content (AvgIpc) is 2.63. The van der Waals surface area contributed by atoms with Gasteiger partial charge in [-0.3, -0.25) is 0 Å². The quantitative estimate of drug-likeness (QED) is 0.441. The number of fused-ring (bicyclic) bond motifs is 2. The van der Waals surface area contributed by atoms with Gasteiger partial charge in [0.2, 0.25) is 0 Å². The Morgan fingerprint density at radius 1 is 0.679 bits per heavy atom. The standard InChI is InChI=1S/C27H31N/c1-26(2,3)22-14-17(16-28)15-23(27(4,5)6)25(22)21-13-9-12-20-18-10-7-8-11-19(18)24(20)21/h7-15H,16,28H2,1-6H3. The maximum absolute atomic E-state index is 6.09. The summed E-state index contributed by atoms with van der Waals surface area (Å²) in [7, 11) is 0. The lowest BCUT2D eigenvalue weighted by molar-refractivity contribution is 0.570. The average molecular weight is 370 g/mol. The minimum absolute atomic E-state index is 0.0342. The lowest BCUT2D eigenvalue weighted by Gasteiger charge is -2.32. The molecule has 3 aromatic carbocycles. The van der Waals surface area contributed by atoms with Crippen LogP contribution in [-0.4, -0.2) is 0 Å². The first kappa shape index (κ1) is 19.0. The van der Waals surface area contributed by atoms with Gasteiger partial charge in [-0.15, -0.1) is 0 Å². The first-order valence-electron chi connectivity index (χ1n) is 10.2. The predicted molar refractivity (Wildman–Crippen MR) is 119 cm³/mol. The fourth-order valence-electron chi connectivity index (χ4n) is 4.44. The molecule has 0 saturated carbocycles. The van der Waals surface area contributed by atoms with Crippen molar-refractivity contribution in [3.63, 3.8) is 0 Å². The van der Waals surface area contributed by atoms with E-state index in [1.165, 1.54) is 48.7 Å². The highest BCUT2D eigenvalue weighted by Crippen LogP contribution is 2.42. The third kappa shape index (κ3) is 2.89. The fraction of sp³-hybridized carbons (Fsp3) is 0.333. The molecule has 144 valence electrons. The fourth-order valence-corrected chi connectivity index (χ4v) is 4.44. The van der Waals surface area contributed by atoms with Crippen LogP contribution in [0, 0.1) is 20.9 Å². The SMILES string of the molecule is CC(C)(C)c1cc(CN)cc(C(C)(C)C)c1-c1cccc2c1=c1ccccc1=2. The van der Waals surface area contributed by atoms with E-state index < -0.39 is 0 Å². The smallest absolute Gasteiger partial charge is 0.0178 e. The second kappa shape index (κ2) is 6.32. The van der Waals surface area contributed by atoms with Crippen LogP contribution >= 0.6 is 0 Å². The summed E-state index contributed by atoms with van der Waals surface area (Å²) in [5.74, 6) is 0. The van der Waals surface area contributed by atoms with Gasteiger partial charge in [0.1, 0.15) is 0 Å². The lowest BCUT2D eigenvalue weighted by Crippen LogP contribution is -2.21. The molecule has 0 heterocycles. The summed E-state index contributed by atoms with van der Waals surface area (Å²) in [5, 5.41) is 5.51. The molecule has 0 atom stereocenters. The van der Waals surface area contributed by atoms with Crippen LogP contribution in [-0.2, 0) is 17.4 Å². The monoisotopic (exact) mass is 369 g/mol. The molecule has 0 spiro atoms. The molecule has 3 aromatic rings. The van der Waals surface area contributed by atoms with E-state index >= 15 is 0 Å². The molecule has 2 N–H and O–H groups in total. The van der Waals surface area contributed by atoms with Crippen LogP contribution in [0.25, 0.3) is 11.1 Å². The maximum atomic E-state index is 6.09. The van der Waals surface area contributed by atoms with E-state index in [1.54, 1.807) is 0 Å². The van der Waals surface area contributed by atoms with Crippen LogP contribution in [0.3, 0.4) is 0 Å². The molecule has 0 fully saturated rings. The van der Waals surface area contributed by atoms with E-state index in [0.717, 1.165) is 0 Å². The van der Waals surface area contributed by atoms with E-state index in [4.69, 9.17) is 5.73 Å². The van der Waals surface area contributed by atoms with Gasteiger partial charge in [-0.1, -0.05) is 96.1 Å². The third-order valence-corrected chi connectivity index (χ3v) is 5.87. The lowest BCUT2D eigenvalue weighted by atomic mass is 9.72. The molecule has 0 saturated heterocycles. The number of hydrogen-bond acceptors (Lipinski definition) is 1. The van der Waals surface area contributed by atoms with Gasteiger partial charge in [0.25, 0.3) is 0 Å². The van der Waals surface area contributed by atoms with Crippen molar-refractivity contribution < 1.29 is 0 Å². The van der Waals surface area contributed by atoms with Crippen molar-refractivity contribution >= 4 is 0 Å². The first-order chi connectivity index (χ1) is 13.1. The normalized spacial score (nSPS) is 13.0. The van der Waals surface area contributed by atoms with Gasteiger partial charge in [-0.2, -0.15) is 0 Å². The van der Waals surface area contributed by atoms with Crippen LogP contribution in [0.1, 0.15) is 58.2 Å². The van der Waals surface area contributed by atoms with Gasteiger partial charge >= 0.3 is 0 Å². The number of hydrogen-bond donors (Lipinski definition) is 1. The Morgan fingerprint density at radius 3 is 1.75 bits per heavy atom. The Labute approximate surface area is 168 Å². The topological polar surface area (TPSA) is 26.0 Å². The number of rotatable bonds is 2. The van der Waals surface area contributed by atoms with Gasteiger partial charge in [-0.25, -0.2) is 0 Å². The Balaban J connectivity index is 2.19. The summed E-state index contributed by atoms with van der Waals surface area (Å²) in [5.41, 5.74) is 12.9. The molecule has 1 aliphatic carbocycles. The van der Waals surface area contributed by atoms with Gasteiger partial charge < -0.3 is 5.73 Å². The summed E-state index contributed by atoms with van der Waals surface area (Å²) in [6, 6.07) is 20.2. The van der Waals surface area contributed by atoms with E-state index in [1.807, 2.05) is 0 Å². The third-order valence-electron chi connectivity index (χ3n) is 5.87. The minimum atomic E-state index is 0.0342. The summed E-state index contributed by atoms with van der Waals surface area (Å²) >= 11 is 0. The van der Waals surface area contributed by atoms with E-state index in [0.29, 0.717) is 6.54 Å². The first-order valence-corrected chi connectivity index (χ1v) is 10.2. The Morgan fingerprint density at radius 2 is 1.21 bits per heavy atom. The van der Waals surface area contributed by atoms with Crippen molar-refractivity contribution in [2.75, 3.05) is 0 Å². The largest absolute Gasteiger partial charge is 0.326 e. The molecule has 0 unspecified atom stereocenters. The predicted octanol–water partition coefficient (Wildman–Crippen LogP) is 6.29. The minimum Gasteiger partial charge on any atom is -0.326 e. The molecule has 28 heavy (non-hydrogen) atoms. The molecule has 1 heteroatoms. The zero-order valence-electron chi connectivity index (χ0n) is 18.0. The van der Waals surface area contributed by atoms with Crippen molar-refractivity contribution in [3.8, 4) is 11.1 Å². The highest BCUT2D eigenvalue weighted by atomic mass is 14.5. The van der Waals surface area contributed by atoms with Crippen LogP contribution < -0.4 is 5.73 Å². The Hall–Kier alpha value is -2.38. The van der Waals surface area contributed by atoms with Gasteiger partial charge in [0.05, 0.1) is 0 Å². The summed E-state index contributed by atoms with van der Waals surface area (Å²) in [6.45, 7) is 14.4. The number of benzene rings is 3. The maximum Gasteiger partial charge on any atom is 0.0178 e. The molecule has 1 nitrogen and oxygen atoms in total. The van der Waals surface area contributed by atoms with Crippen molar-refractivity contribution in [1.82, 2.24) is 0 Å². The highest BCUT2D eigenvalue weighted by molar-refractivity contribution is 5.76. The zero-order chi connectivity index (χ0) is 20.3. The summed E-state index contributed by atoms with van der Waals surface area (Å²) in [4.78, 5) is 0. The summed E-state index contributed by atoms with van der Waals surface area (Å²) in [6.07, 6.45) is 0. The molecular weight excluding hydrogens is 338 g/mol. The van der Waals surface area contributed by atoms with Gasteiger partial charge in [0, 0.05) is 6.54 Å². The molecule has 0 aromatic heterocycles. The molecule has 0 amide bonds. The molecule has 0 aliphatic heterocycles. The Kier molecular flexibility index (Phi) is 4.28. The van der Waals surface area contributed by atoms with E-state index in [-0.39, 0.29) is 10.8 Å². The Bertz CT molecular complexity index is 1220. The van der Waals surface area contributed by atoms with E-state index in [9.17, 15) is 0 Å². The molecule has 4 rings (SSSR count). The second-order valence-electron chi connectivity index (χ2n) is 10.0. The van der Waals surface area contributed by atoms with E-state index in [2.05, 4.69) is 96.1 Å². The van der Waals surface area contributed by atoms with Crippen LogP contribution in [0.4, 0.5) is 0 Å². The zero-order valence-corrected chi connectivity index (χ0v) is 18.0. The van der Waals surface area contributed by atoms with Crippen molar-refractivity contribution in [1.29, 1.82) is 0 Å². The van der Waals surface area contributed by atoms with Crippen molar-refractivity contribution in [3.05, 3.63) is 92.2 Å². The van der Waals surface area contributed by atoms with Gasteiger partial charge in [-0.05, 0) is 59.5 Å². The number of nitrogens with two attached hydrogens (primary N) is 1. The van der Waals surface area contributed by atoms with Crippen LogP contribution in [0.15, 0.2) is 54.6 Å². The molecule has 0 bridgehead atoms. The summed E-state index contributed by atoms with van der Waals surface area (Å²) < 4.78 is 0. The van der Waals surface area contributed by atoms with Crippen LogP contribution in [0.2, 0.25) is 0 Å².